The van der Waals surface area contributed by atoms with E-state index in [9.17, 15) is 0 Å². The van der Waals surface area contributed by atoms with Crippen LogP contribution in [0.4, 0.5) is 0 Å². The topological polar surface area (TPSA) is 33.7 Å². The van der Waals surface area contributed by atoms with Crippen LogP contribution in [0.15, 0.2) is 0 Å². The van der Waals surface area contributed by atoms with E-state index in [1.807, 2.05) is 0 Å². The average molecular weight is 260 g/mol. The van der Waals surface area contributed by atoms with Crippen molar-refractivity contribution in [3.05, 3.63) is 0 Å². The van der Waals surface area contributed by atoms with Crippen molar-refractivity contribution in [1.82, 2.24) is 10.2 Å². The second kappa shape index (κ2) is 11.9. The second-order valence-corrected chi connectivity index (χ2v) is 4.80. The minimum atomic E-state index is 0.423. The molecule has 0 aliphatic rings. The van der Waals surface area contributed by atoms with Crippen LogP contribution in [0.1, 0.15) is 33.6 Å². The highest BCUT2D eigenvalue weighted by Crippen LogP contribution is 2.09. The molecule has 110 valence electrons. The number of rotatable bonds is 12. The molecule has 0 radical (unpaired) electrons. The Labute approximate surface area is 113 Å². The van der Waals surface area contributed by atoms with Crippen LogP contribution in [-0.4, -0.2) is 64.1 Å². The number of ether oxygens (including phenoxy) is 2. The lowest BCUT2D eigenvalue weighted by atomic mass is 10.1. The van der Waals surface area contributed by atoms with Crippen molar-refractivity contribution >= 4 is 0 Å². The van der Waals surface area contributed by atoms with Gasteiger partial charge in [0.25, 0.3) is 0 Å². The summed E-state index contributed by atoms with van der Waals surface area (Å²) < 4.78 is 10.6. The Balaban J connectivity index is 4.40. The van der Waals surface area contributed by atoms with Crippen LogP contribution >= 0.6 is 0 Å². The van der Waals surface area contributed by atoms with Crippen LogP contribution in [-0.2, 0) is 9.47 Å². The molecule has 0 aromatic heterocycles. The molecule has 0 aliphatic heterocycles. The molecule has 18 heavy (non-hydrogen) atoms. The van der Waals surface area contributed by atoms with E-state index in [1.54, 1.807) is 14.2 Å². The zero-order valence-electron chi connectivity index (χ0n) is 12.9. The molecule has 0 aromatic rings. The fourth-order valence-electron chi connectivity index (χ4n) is 2.10. The van der Waals surface area contributed by atoms with E-state index < -0.39 is 0 Å². The van der Waals surface area contributed by atoms with Gasteiger partial charge in [0.15, 0.2) is 0 Å². The molecule has 0 saturated heterocycles. The minimum absolute atomic E-state index is 0.423. The highest BCUT2D eigenvalue weighted by atomic mass is 16.5. The number of hydrogen-bond donors (Lipinski definition) is 1. The lowest BCUT2D eigenvalue weighted by Crippen LogP contribution is -2.50. The van der Waals surface area contributed by atoms with Crippen molar-refractivity contribution in [1.29, 1.82) is 0 Å². The molecule has 4 heteroatoms. The number of nitrogens with one attached hydrogen (secondary N) is 1. The van der Waals surface area contributed by atoms with Gasteiger partial charge in [-0.25, -0.2) is 0 Å². The largest absolute Gasteiger partial charge is 0.383 e. The zero-order chi connectivity index (χ0) is 13.8. The van der Waals surface area contributed by atoms with Crippen LogP contribution in [0.25, 0.3) is 0 Å². The summed E-state index contributed by atoms with van der Waals surface area (Å²) >= 11 is 0. The molecular weight excluding hydrogens is 228 g/mol. The monoisotopic (exact) mass is 260 g/mol. The summed E-state index contributed by atoms with van der Waals surface area (Å²) in [5.74, 6) is 0. The SMILES string of the molecule is CCCNCC(COC)N(CCOC)C(C)CC. The van der Waals surface area contributed by atoms with Crippen molar-refractivity contribution < 1.29 is 9.47 Å². The first-order valence-corrected chi connectivity index (χ1v) is 7.15. The molecule has 4 nitrogen and oxygen atoms in total. The molecule has 1 N–H and O–H groups in total. The van der Waals surface area contributed by atoms with Crippen molar-refractivity contribution in [2.75, 3.05) is 47.1 Å². The highest BCUT2D eigenvalue weighted by Gasteiger charge is 2.21. The number of hydrogen-bond acceptors (Lipinski definition) is 4. The maximum atomic E-state index is 5.37. The van der Waals surface area contributed by atoms with Gasteiger partial charge in [-0.05, 0) is 26.3 Å². The van der Waals surface area contributed by atoms with Gasteiger partial charge < -0.3 is 14.8 Å². The van der Waals surface area contributed by atoms with E-state index >= 15 is 0 Å². The normalized spacial score (nSPS) is 15.0. The van der Waals surface area contributed by atoms with Crippen LogP contribution in [0.2, 0.25) is 0 Å². The van der Waals surface area contributed by atoms with E-state index in [0.717, 1.165) is 39.3 Å². The molecule has 2 atom stereocenters. The summed E-state index contributed by atoms with van der Waals surface area (Å²) in [5.41, 5.74) is 0. The Bertz CT molecular complexity index is 179. The summed E-state index contributed by atoms with van der Waals surface area (Å²) in [6.07, 6.45) is 2.32. The summed E-state index contributed by atoms with van der Waals surface area (Å²) in [5, 5.41) is 3.49. The molecule has 0 fully saturated rings. The van der Waals surface area contributed by atoms with E-state index in [1.165, 1.54) is 6.42 Å². The van der Waals surface area contributed by atoms with E-state index in [4.69, 9.17) is 9.47 Å². The molecule has 0 bridgehead atoms. The third-order valence-corrected chi connectivity index (χ3v) is 3.35. The Morgan fingerprint density at radius 3 is 2.39 bits per heavy atom. The van der Waals surface area contributed by atoms with Gasteiger partial charge >= 0.3 is 0 Å². The molecule has 0 aromatic carbocycles. The molecular formula is C14H32N2O2. The Morgan fingerprint density at radius 2 is 1.89 bits per heavy atom. The number of nitrogens with zero attached hydrogens (tertiary/aromatic N) is 1. The van der Waals surface area contributed by atoms with Gasteiger partial charge in [0, 0.05) is 39.4 Å². The minimum Gasteiger partial charge on any atom is -0.383 e. The first kappa shape index (κ1) is 17.8. The van der Waals surface area contributed by atoms with Gasteiger partial charge in [0.05, 0.1) is 13.2 Å². The molecule has 0 amide bonds. The predicted octanol–water partition coefficient (Wildman–Crippen LogP) is 1.75. The maximum Gasteiger partial charge on any atom is 0.0630 e. The molecule has 0 spiro atoms. The van der Waals surface area contributed by atoms with Crippen molar-refractivity contribution in [3.8, 4) is 0 Å². The van der Waals surface area contributed by atoms with Crippen LogP contribution in [0.5, 0.6) is 0 Å². The molecule has 0 saturated carbocycles. The van der Waals surface area contributed by atoms with Crippen molar-refractivity contribution in [3.63, 3.8) is 0 Å². The van der Waals surface area contributed by atoms with Gasteiger partial charge in [-0.1, -0.05) is 13.8 Å². The van der Waals surface area contributed by atoms with Gasteiger partial charge in [0.2, 0.25) is 0 Å². The standard InChI is InChI=1S/C14H32N2O2/c1-6-8-15-11-14(12-18-5)16(9-10-17-4)13(3)7-2/h13-15H,6-12H2,1-5H3. The van der Waals surface area contributed by atoms with E-state index in [0.29, 0.717) is 12.1 Å². The maximum absolute atomic E-state index is 5.37. The van der Waals surface area contributed by atoms with Crippen LogP contribution in [0.3, 0.4) is 0 Å². The van der Waals surface area contributed by atoms with Gasteiger partial charge in [-0.2, -0.15) is 0 Å². The number of methoxy groups -OCH3 is 2. The van der Waals surface area contributed by atoms with Crippen molar-refractivity contribution in [2.45, 2.75) is 45.7 Å². The van der Waals surface area contributed by atoms with Gasteiger partial charge in [-0.15, -0.1) is 0 Å². The average Bonchev–Trinajstić information content (AvgIpc) is 2.38. The first-order chi connectivity index (χ1) is 8.71. The fraction of sp³-hybridized carbons (Fsp3) is 1.00. The third kappa shape index (κ3) is 7.31. The Hall–Kier alpha value is -0.160. The smallest absolute Gasteiger partial charge is 0.0630 e. The summed E-state index contributed by atoms with van der Waals surface area (Å²) in [7, 11) is 3.54. The Kier molecular flexibility index (Phi) is 11.8. The van der Waals surface area contributed by atoms with E-state index in [-0.39, 0.29) is 0 Å². The molecule has 0 rings (SSSR count). The lowest BCUT2D eigenvalue weighted by molar-refractivity contribution is 0.0429. The second-order valence-electron chi connectivity index (χ2n) is 4.80. The summed E-state index contributed by atoms with van der Waals surface area (Å²) in [6.45, 7) is 11.3. The lowest BCUT2D eigenvalue weighted by Gasteiger charge is -2.36. The Morgan fingerprint density at radius 1 is 1.17 bits per heavy atom. The van der Waals surface area contributed by atoms with Crippen LogP contribution in [0, 0.1) is 0 Å². The first-order valence-electron chi connectivity index (χ1n) is 7.15. The molecule has 0 heterocycles. The third-order valence-electron chi connectivity index (χ3n) is 3.35. The quantitative estimate of drug-likeness (QED) is 0.542. The fourth-order valence-corrected chi connectivity index (χ4v) is 2.10. The zero-order valence-corrected chi connectivity index (χ0v) is 12.9. The van der Waals surface area contributed by atoms with Gasteiger partial charge in [0.1, 0.15) is 0 Å². The van der Waals surface area contributed by atoms with Gasteiger partial charge in [-0.3, -0.25) is 4.90 Å². The predicted molar refractivity (Wildman–Crippen MR) is 77.2 cm³/mol. The summed E-state index contributed by atoms with van der Waals surface area (Å²) in [4.78, 5) is 2.50. The molecule has 0 aliphatic carbocycles. The molecule has 2 unspecified atom stereocenters. The summed E-state index contributed by atoms with van der Waals surface area (Å²) in [6, 6.07) is 0.982. The van der Waals surface area contributed by atoms with Crippen LogP contribution < -0.4 is 5.32 Å². The highest BCUT2D eigenvalue weighted by molar-refractivity contribution is 4.78. The van der Waals surface area contributed by atoms with Crippen molar-refractivity contribution in [2.24, 2.45) is 0 Å². The van der Waals surface area contributed by atoms with E-state index in [2.05, 4.69) is 31.0 Å².